The molecule has 0 aliphatic rings. The summed E-state index contributed by atoms with van der Waals surface area (Å²) >= 11 is 0. The lowest BCUT2D eigenvalue weighted by Crippen LogP contribution is -2.51. The maximum Gasteiger partial charge on any atom is 0.328 e. The van der Waals surface area contributed by atoms with Crippen LogP contribution >= 0.6 is 0 Å². The van der Waals surface area contributed by atoms with Gasteiger partial charge in [-0.05, 0) is 24.3 Å². The van der Waals surface area contributed by atoms with Crippen LogP contribution in [0.3, 0.4) is 0 Å². The lowest BCUT2D eigenvalue weighted by molar-refractivity contribution is -0.162. The second-order valence-electron chi connectivity index (χ2n) is 5.36. The second kappa shape index (κ2) is 9.50. The molecule has 0 bridgehead atoms. The van der Waals surface area contributed by atoms with Crippen molar-refractivity contribution < 1.29 is 37.8 Å². The Labute approximate surface area is 149 Å². The number of benzene rings is 1. The van der Waals surface area contributed by atoms with Crippen molar-refractivity contribution in [3.8, 4) is 0 Å². The minimum Gasteiger partial charge on any atom is -0.468 e. The van der Waals surface area contributed by atoms with Crippen LogP contribution in [0.15, 0.2) is 24.3 Å². The van der Waals surface area contributed by atoms with Crippen LogP contribution in [0.4, 0.5) is 4.39 Å². The largest absolute Gasteiger partial charge is 0.468 e. The van der Waals surface area contributed by atoms with Crippen molar-refractivity contribution in [2.75, 3.05) is 21.3 Å². The summed E-state index contributed by atoms with van der Waals surface area (Å²) < 4.78 is 26.8. The monoisotopic (exact) mass is 369 g/mol. The molecule has 1 aromatic rings. The number of carbonyl (C=O) groups excluding carboxylic acids is 4. The third-order valence-electron chi connectivity index (χ3n) is 3.81. The maximum atomic E-state index is 13.0. The first-order valence-corrected chi connectivity index (χ1v) is 7.56. The van der Waals surface area contributed by atoms with Crippen LogP contribution in [0.5, 0.6) is 0 Å². The van der Waals surface area contributed by atoms with Gasteiger partial charge < -0.3 is 19.5 Å². The Morgan fingerprint density at radius 2 is 1.35 bits per heavy atom. The number of ether oxygens (including phenoxy) is 3. The normalized spacial score (nSPS) is 12.7. The van der Waals surface area contributed by atoms with E-state index in [0.29, 0.717) is 0 Å². The van der Waals surface area contributed by atoms with E-state index < -0.39 is 47.5 Å². The lowest BCUT2D eigenvalue weighted by atomic mass is 9.87. The molecule has 8 nitrogen and oxygen atoms in total. The van der Waals surface area contributed by atoms with Crippen molar-refractivity contribution in [2.24, 2.45) is 11.8 Å². The average Bonchev–Trinajstić information content (AvgIpc) is 2.65. The predicted octanol–water partition coefficient (Wildman–Crippen LogP) is 0.695. The molecule has 0 heterocycles. The number of hydrogen-bond donors (Lipinski definition) is 1. The number of esters is 3. The van der Waals surface area contributed by atoms with E-state index in [0.717, 1.165) is 33.5 Å². The number of halogens is 1. The van der Waals surface area contributed by atoms with Gasteiger partial charge >= 0.3 is 17.9 Å². The third kappa shape index (κ3) is 5.01. The third-order valence-corrected chi connectivity index (χ3v) is 3.81. The molecule has 1 aromatic carbocycles. The topological polar surface area (TPSA) is 108 Å². The van der Waals surface area contributed by atoms with Crippen LogP contribution in [-0.4, -0.2) is 51.2 Å². The number of rotatable bonds is 7. The molecule has 0 radical (unpaired) electrons. The molecule has 0 unspecified atom stereocenters. The summed E-state index contributed by atoms with van der Waals surface area (Å²) in [6.45, 7) is 1.39. The number of hydrogen-bond acceptors (Lipinski definition) is 7. The van der Waals surface area contributed by atoms with E-state index in [4.69, 9.17) is 0 Å². The van der Waals surface area contributed by atoms with Gasteiger partial charge in [-0.3, -0.25) is 14.4 Å². The van der Waals surface area contributed by atoms with E-state index in [1.165, 1.54) is 19.1 Å². The maximum absolute atomic E-state index is 13.0. The van der Waals surface area contributed by atoms with Crippen LogP contribution < -0.4 is 5.32 Å². The molecule has 1 rings (SSSR count). The van der Waals surface area contributed by atoms with E-state index in [1.54, 1.807) is 0 Å². The summed E-state index contributed by atoms with van der Waals surface area (Å²) in [7, 11) is 3.25. The van der Waals surface area contributed by atoms with Crippen LogP contribution in [0.1, 0.15) is 17.3 Å². The first kappa shape index (κ1) is 21.1. The number of amides is 1. The number of methoxy groups -OCH3 is 3. The highest BCUT2D eigenvalue weighted by atomic mass is 19.1. The van der Waals surface area contributed by atoms with E-state index in [1.807, 2.05) is 0 Å². The Bertz CT molecular complexity index is 658. The summed E-state index contributed by atoms with van der Waals surface area (Å²) in [5, 5.41) is 2.39. The number of carbonyl (C=O) groups is 4. The van der Waals surface area contributed by atoms with E-state index >= 15 is 0 Å². The highest BCUT2D eigenvalue weighted by Gasteiger charge is 2.42. The second-order valence-corrected chi connectivity index (χ2v) is 5.36. The van der Waals surface area contributed by atoms with Gasteiger partial charge in [-0.1, -0.05) is 6.92 Å². The minimum absolute atomic E-state index is 0.0835. The molecule has 142 valence electrons. The van der Waals surface area contributed by atoms with Crippen LogP contribution in [0.2, 0.25) is 0 Å². The highest BCUT2D eigenvalue weighted by Crippen LogP contribution is 2.21. The zero-order valence-corrected chi connectivity index (χ0v) is 14.8. The predicted molar refractivity (Wildman–Crippen MR) is 86.4 cm³/mol. The molecule has 1 N–H and O–H groups in total. The Hall–Kier alpha value is -2.97. The van der Waals surface area contributed by atoms with Crippen molar-refractivity contribution in [3.63, 3.8) is 0 Å². The van der Waals surface area contributed by atoms with Gasteiger partial charge in [0, 0.05) is 11.5 Å². The minimum atomic E-state index is -1.46. The van der Waals surface area contributed by atoms with Crippen molar-refractivity contribution in [1.29, 1.82) is 0 Å². The summed E-state index contributed by atoms with van der Waals surface area (Å²) in [5.41, 5.74) is 0.0835. The van der Waals surface area contributed by atoms with Gasteiger partial charge in [0.05, 0.1) is 21.3 Å². The fourth-order valence-corrected chi connectivity index (χ4v) is 2.33. The molecule has 0 aliphatic carbocycles. The Balaban J connectivity index is 3.12. The fraction of sp³-hybridized carbons (Fsp3) is 0.412. The van der Waals surface area contributed by atoms with Gasteiger partial charge in [-0.2, -0.15) is 0 Å². The zero-order valence-electron chi connectivity index (χ0n) is 14.8. The molecular formula is C17H20FNO7. The first-order chi connectivity index (χ1) is 12.3. The van der Waals surface area contributed by atoms with Crippen LogP contribution in [0.25, 0.3) is 0 Å². The average molecular weight is 369 g/mol. The molecular weight excluding hydrogens is 349 g/mol. The van der Waals surface area contributed by atoms with Gasteiger partial charge in [0.15, 0.2) is 5.92 Å². The van der Waals surface area contributed by atoms with Crippen LogP contribution in [-0.2, 0) is 28.6 Å². The molecule has 0 aliphatic heterocycles. The molecule has 1 amide bonds. The Morgan fingerprint density at radius 1 is 0.885 bits per heavy atom. The van der Waals surface area contributed by atoms with E-state index in [-0.39, 0.29) is 5.56 Å². The summed E-state index contributed by atoms with van der Waals surface area (Å²) in [6, 6.07) is 3.26. The van der Waals surface area contributed by atoms with Crippen molar-refractivity contribution >= 4 is 23.8 Å². The van der Waals surface area contributed by atoms with Gasteiger partial charge in [0.25, 0.3) is 5.91 Å². The molecule has 9 heteroatoms. The first-order valence-electron chi connectivity index (χ1n) is 7.56. The van der Waals surface area contributed by atoms with Gasteiger partial charge in [0.1, 0.15) is 11.9 Å². The molecule has 0 fully saturated rings. The summed E-state index contributed by atoms with van der Waals surface area (Å²) in [6.07, 6.45) is 0. The van der Waals surface area contributed by atoms with Crippen molar-refractivity contribution in [3.05, 3.63) is 35.6 Å². The van der Waals surface area contributed by atoms with Gasteiger partial charge in [-0.15, -0.1) is 0 Å². The van der Waals surface area contributed by atoms with E-state index in [2.05, 4.69) is 19.5 Å². The zero-order chi connectivity index (χ0) is 19.9. The highest BCUT2D eigenvalue weighted by molar-refractivity contribution is 5.99. The smallest absolute Gasteiger partial charge is 0.328 e. The van der Waals surface area contributed by atoms with Gasteiger partial charge in [-0.25, -0.2) is 9.18 Å². The van der Waals surface area contributed by atoms with E-state index in [9.17, 15) is 23.6 Å². The molecule has 0 aromatic heterocycles. The molecule has 0 saturated carbocycles. The summed E-state index contributed by atoms with van der Waals surface area (Å²) in [5.74, 6) is -6.44. The van der Waals surface area contributed by atoms with Crippen molar-refractivity contribution in [1.82, 2.24) is 5.32 Å². The lowest BCUT2D eigenvalue weighted by Gasteiger charge is -2.27. The Morgan fingerprint density at radius 3 is 1.77 bits per heavy atom. The molecule has 26 heavy (non-hydrogen) atoms. The quantitative estimate of drug-likeness (QED) is 0.428. The van der Waals surface area contributed by atoms with Crippen LogP contribution in [0, 0.1) is 17.7 Å². The molecule has 0 saturated heterocycles. The molecule has 2 atom stereocenters. The fourth-order valence-electron chi connectivity index (χ4n) is 2.33. The van der Waals surface area contributed by atoms with Gasteiger partial charge in [0.2, 0.25) is 0 Å². The summed E-state index contributed by atoms with van der Waals surface area (Å²) in [4.78, 5) is 48.3. The SMILES string of the molecule is COC(=O)C(C(=O)OC)[C@H](C)[C@@H](NC(=O)c1ccc(F)cc1)C(=O)OC. The Kier molecular flexibility index (Phi) is 7.70. The number of nitrogens with one attached hydrogen (secondary N) is 1. The standard InChI is InChI=1S/C17H20FNO7/c1-9(12(15(21)24-2)16(22)25-3)13(17(23)26-4)19-14(20)10-5-7-11(18)8-6-10/h5-9,12-13H,1-4H3,(H,19,20)/t9-,13+/m0/s1. The van der Waals surface area contributed by atoms with Crippen molar-refractivity contribution in [2.45, 2.75) is 13.0 Å². The molecule has 0 spiro atoms.